The summed E-state index contributed by atoms with van der Waals surface area (Å²) in [6.45, 7) is 0. The summed E-state index contributed by atoms with van der Waals surface area (Å²) in [5.74, 6) is 0. The van der Waals surface area contributed by atoms with Gasteiger partial charge in [-0.25, -0.2) is 4.57 Å². The molecule has 0 spiro atoms. The molecule has 0 rings (SSSR count). The third-order valence-corrected chi connectivity index (χ3v) is 0.761. The summed E-state index contributed by atoms with van der Waals surface area (Å²) >= 11 is 0. The Balaban J connectivity index is -0.0000000817. The van der Waals surface area contributed by atoms with E-state index in [-0.39, 0.29) is 49.5 Å². The molecule has 0 atom stereocenters. The van der Waals surface area contributed by atoms with Gasteiger partial charge in [0.15, 0.2) is 0 Å². The minimum absolute atomic E-state index is 0. The molecule has 0 saturated heterocycles. The molecule has 0 N–H and O–H groups in total. The third-order valence-electron chi connectivity index (χ3n) is 0.254. The Morgan fingerprint density at radius 1 is 1.10 bits per heavy atom. The van der Waals surface area contributed by atoms with Crippen molar-refractivity contribution in [3.05, 3.63) is 0 Å². The average molecular weight is 227 g/mol. The number of hydrogen-bond acceptors (Lipinski definition) is 4. The van der Waals surface area contributed by atoms with Crippen LogP contribution in [0.5, 0.6) is 0 Å². The Hall–Kier alpha value is 1.48. The predicted molar refractivity (Wildman–Crippen MR) is 15.3 cm³/mol. The van der Waals surface area contributed by atoms with Crippen LogP contribution < -0.4 is 29.6 Å². The van der Waals surface area contributed by atoms with Crippen LogP contribution in [0.3, 0.4) is 0 Å². The zero-order chi connectivity index (χ0) is 6.62. The van der Waals surface area contributed by atoms with Crippen LogP contribution in [0.15, 0.2) is 0 Å². The first-order valence-corrected chi connectivity index (χ1v) is 2.65. The fraction of sp³-hybridized carbons (Fsp3) is 0. The Bertz CT molecular complexity index is 96.5. The molecule has 0 unspecified atom stereocenters. The van der Waals surface area contributed by atoms with Crippen molar-refractivity contribution in [2.24, 2.45) is 0 Å². The topological polar surface area (TPSA) is 44.8 Å². The average Bonchev–Trinajstić information content (AvgIpc) is 1.87. The molecule has 0 fully saturated rings. The molecular formula is HF3NaO4PV. The van der Waals surface area contributed by atoms with Gasteiger partial charge in [0.1, 0.15) is 0 Å². The quantitative estimate of drug-likeness (QED) is 0.454. The molecule has 57 valence electrons. The Kier molecular flexibility index (Phi) is 15.0. The molecule has 1 radical (unpaired) electrons. The molecule has 4 nitrogen and oxygen atoms in total. The van der Waals surface area contributed by atoms with Gasteiger partial charge < -0.3 is 1.43 Å². The first kappa shape index (κ1) is 17.5. The molecule has 0 aliphatic rings. The van der Waals surface area contributed by atoms with Crippen molar-refractivity contribution in [2.75, 3.05) is 0 Å². The van der Waals surface area contributed by atoms with Gasteiger partial charge in [-0.15, -0.1) is 0 Å². The van der Waals surface area contributed by atoms with Gasteiger partial charge in [-0.05, 0) is 13.6 Å². The Labute approximate surface area is 89.4 Å². The van der Waals surface area contributed by atoms with Crippen molar-refractivity contribution < 1.29 is 81.9 Å². The molecule has 0 aromatic rings. The second-order valence-corrected chi connectivity index (χ2v) is 1.96. The summed E-state index contributed by atoms with van der Waals surface area (Å²) in [7, 11) is -5.16. The van der Waals surface area contributed by atoms with Crippen molar-refractivity contribution in [2.45, 2.75) is 0 Å². The number of halogens is 3. The minimum Gasteiger partial charge on any atom is -1.00 e. The second-order valence-electron chi connectivity index (χ2n) is 0.654. The maximum absolute atomic E-state index is 10.5. The van der Waals surface area contributed by atoms with E-state index in [1.54, 1.807) is 0 Å². The summed E-state index contributed by atoms with van der Waals surface area (Å²) in [5, 5.41) is 0. The van der Waals surface area contributed by atoms with Crippen LogP contribution >= 0.6 is 7.82 Å². The molecular weight excluding hydrogens is 226 g/mol. The molecule has 0 aliphatic heterocycles. The molecule has 0 aromatic heterocycles. The van der Waals surface area contributed by atoms with Gasteiger partial charge in [-0.1, -0.05) is 14.2 Å². The smallest absolute Gasteiger partial charge is 1.00 e. The van der Waals surface area contributed by atoms with Crippen molar-refractivity contribution in [1.29, 1.82) is 0 Å². The third kappa shape index (κ3) is 6.21. The van der Waals surface area contributed by atoms with Crippen LogP contribution in [-0.4, -0.2) is 0 Å². The molecule has 10 heavy (non-hydrogen) atoms. The summed E-state index contributed by atoms with van der Waals surface area (Å²) < 4.78 is 47.5. The van der Waals surface area contributed by atoms with Crippen LogP contribution in [0.4, 0.5) is 13.6 Å². The molecule has 10 heteroatoms. The van der Waals surface area contributed by atoms with Gasteiger partial charge in [0.25, 0.3) is 0 Å². The molecule has 0 amide bonds. The molecule has 0 heterocycles. The summed E-state index contributed by atoms with van der Waals surface area (Å²) in [5.41, 5.74) is 0. The molecule has 0 saturated carbocycles. The SMILES string of the molecule is O=P(OF)(OF)OF.[H-].[Na+].[V]. The second kappa shape index (κ2) is 8.58. The minimum atomic E-state index is -5.16. The van der Waals surface area contributed by atoms with Crippen molar-refractivity contribution >= 4 is 7.82 Å². The van der Waals surface area contributed by atoms with E-state index in [4.69, 9.17) is 0 Å². The summed E-state index contributed by atoms with van der Waals surface area (Å²) in [4.78, 5) is 0. The van der Waals surface area contributed by atoms with Gasteiger partial charge >= 0.3 is 37.4 Å². The van der Waals surface area contributed by atoms with E-state index in [9.17, 15) is 18.1 Å². The van der Waals surface area contributed by atoms with E-state index in [0.29, 0.717) is 0 Å². The number of hydrogen-bond donors (Lipinski definition) is 0. The van der Waals surface area contributed by atoms with E-state index < -0.39 is 7.82 Å². The molecule has 0 bridgehead atoms. The maximum Gasteiger partial charge on any atom is 1.00 e. The van der Waals surface area contributed by atoms with Crippen LogP contribution in [0, 0.1) is 0 Å². The predicted octanol–water partition coefficient (Wildman–Crippen LogP) is -1.09. The van der Waals surface area contributed by atoms with Crippen LogP contribution in [0.25, 0.3) is 0 Å². The van der Waals surface area contributed by atoms with Gasteiger partial charge in [0.2, 0.25) is 0 Å². The fourth-order valence-corrected chi connectivity index (χ4v) is 0.0958. The van der Waals surface area contributed by atoms with Gasteiger partial charge in [-0.2, -0.15) is 0 Å². The van der Waals surface area contributed by atoms with Crippen LogP contribution in [0.2, 0.25) is 0 Å². The molecule has 0 aromatic carbocycles. The van der Waals surface area contributed by atoms with Crippen LogP contribution in [-0.2, 0) is 37.3 Å². The molecule has 0 aliphatic carbocycles. The van der Waals surface area contributed by atoms with E-state index in [1.165, 1.54) is 0 Å². The standard InChI is InChI=1S/F3O4P.Na.V.H/c1-5-8(4,6-2)7-3;;;/q;+1;;-1. The van der Waals surface area contributed by atoms with Crippen molar-refractivity contribution in [3.63, 3.8) is 0 Å². The first-order valence-electron chi connectivity index (χ1n) is 1.19. The van der Waals surface area contributed by atoms with Crippen LogP contribution in [0.1, 0.15) is 1.43 Å². The fourth-order valence-electron chi connectivity index (χ4n) is 0.0319. The van der Waals surface area contributed by atoms with Crippen molar-refractivity contribution in [1.82, 2.24) is 0 Å². The largest absolute Gasteiger partial charge is 1.00 e. The van der Waals surface area contributed by atoms with E-state index >= 15 is 0 Å². The normalized spacial score (nSPS) is 9.50. The zero-order valence-electron chi connectivity index (χ0n) is 5.66. The van der Waals surface area contributed by atoms with E-state index in [2.05, 4.69) is 14.2 Å². The van der Waals surface area contributed by atoms with Gasteiger partial charge in [-0.3, -0.25) is 0 Å². The number of rotatable bonds is 3. The number of phosphoric acid groups is 1. The summed E-state index contributed by atoms with van der Waals surface area (Å²) in [6, 6.07) is 0. The monoisotopic (exact) mass is 227 g/mol. The maximum atomic E-state index is 10.5. The Morgan fingerprint density at radius 3 is 1.30 bits per heavy atom. The Morgan fingerprint density at radius 2 is 1.30 bits per heavy atom. The van der Waals surface area contributed by atoms with Crippen molar-refractivity contribution in [3.8, 4) is 0 Å². The van der Waals surface area contributed by atoms with Gasteiger partial charge in [0, 0.05) is 18.6 Å². The van der Waals surface area contributed by atoms with Gasteiger partial charge in [0.05, 0.1) is 0 Å². The zero-order valence-corrected chi connectivity index (χ0v) is 8.95. The van der Waals surface area contributed by atoms with E-state index in [1.807, 2.05) is 0 Å². The first-order chi connectivity index (χ1) is 3.68. The van der Waals surface area contributed by atoms with E-state index in [0.717, 1.165) is 0 Å². The summed E-state index contributed by atoms with van der Waals surface area (Å²) in [6.07, 6.45) is 0.